The van der Waals surface area contributed by atoms with E-state index in [0.717, 1.165) is 18.2 Å². The fourth-order valence-electron chi connectivity index (χ4n) is 2.65. The first-order valence-electron chi connectivity index (χ1n) is 9.11. The summed E-state index contributed by atoms with van der Waals surface area (Å²) in [6, 6.07) is 15.0. The molecule has 0 saturated heterocycles. The van der Waals surface area contributed by atoms with E-state index < -0.39 is 31.3 Å². The molecule has 33 heavy (non-hydrogen) atoms. The van der Waals surface area contributed by atoms with Crippen molar-refractivity contribution in [2.24, 2.45) is 5.10 Å². The molecular formula is C20H16N4O8S. The lowest BCUT2D eigenvalue weighted by molar-refractivity contribution is -0.393. The molecule has 170 valence electrons. The molecular weight excluding hydrogens is 456 g/mol. The highest BCUT2D eigenvalue weighted by Gasteiger charge is 2.20. The third kappa shape index (κ3) is 5.59. The van der Waals surface area contributed by atoms with Crippen molar-refractivity contribution >= 4 is 33.4 Å². The van der Waals surface area contributed by atoms with E-state index in [9.17, 15) is 28.6 Å². The number of anilines is 1. The molecule has 1 N–H and O–H groups in total. The van der Waals surface area contributed by atoms with Crippen LogP contribution in [0, 0.1) is 20.2 Å². The third-order valence-corrected chi connectivity index (χ3v) is 5.45. The Hall–Kier alpha value is -4.52. The van der Waals surface area contributed by atoms with Gasteiger partial charge < -0.3 is 8.92 Å². The standard InChI is InChI=1S/C20H16N4O8S/c1-31-19-10-7-14(11-20(19)32-33(29,30)16-5-3-2-4-6-16)13-21-22-17-9-8-15(23(25)26)12-18(17)24(27)28/h2-13,22H,1H3/b21-13-. The summed E-state index contributed by atoms with van der Waals surface area (Å²) in [5.41, 5.74) is 1.79. The molecule has 0 radical (unpaired) electrons. The number of hydrogen-bond donors (Lipinski definition) is 1. The van der Waals surface area contributed by atoms with Gasteiger partial charge >= 0.3 is 15.8 Å². The predicted octanol–water partition coefficient (Wildman–Crippen LogP) is 3.73. The van der Waals surface area contributed by atoms with Crippen molar-refractivity contribution in [2.75, 3.05) is 12.5 Å². The predicted molar refractivity (Wildman–Crippen MR) is 118 cm³/mol. The van der Waals surface area contributed by atoms with Gasteiger partial charge in [0.15, 0.2) is 11.5 Å². The molecule has 0 aliphatic heterocycles. The molecule has 0 aliphatic carbocycles. The van der Waals surface area contributed by atoms with Crippen molar-refractivity contribution < 1.29 is 27.2 Å². The normalized spacial score (nSPS) is 11.2. The first-order chi connectivity index (χ1) is 15.7. The van der Waals surface area contributed by atoms with Crippen LogP contribution in [0.1, 0.15) is 5.56 Å². The van der Waals surface area contributed by atoms with E-state index in [1.807, 2.05) is 0 Å². The van der Waals surface area contributed by atoms with Crippen molar-refractivity contribution in [2.45, 2.75) is 4.90 Å². The second-order valence-corrected chi connectivity index (χ2v) is 7.89. The number of nitrogens with one attached hydrogen (secondary N) is 1. The fourth-order valence-corrected chi connectivity index (χ4v) is 3.60. The van der Waals surface area contributed by atoms with Gasteiger partial charge in [0.25, 0.3) is 5.69 Å². The van der Waals surface area contributed by atoms with Gasteiger partial charge in [-0.3, -0.25) is 25.7 Å². The van der Waals surface area contributed by atoms with Gasteiger partial charge in [-0.1, -0.05) is 18.2 Å². The largest absolute Gasteiger partial charge is 0.493 e. The molecule has 0 unspecified atom stereocenters. The lowest BCUT2D eigenvalue weighted by atomic mass is 10.2. The highest BCUT2D eigenvalue weighted by atomic mass is 32.2. The molecule has 0 bridgehead atoms. The molecule has 3 aromatic carbocycles. The molecule has 0 fully saturated rings. The van der Waals surface area contributed by atoms with Crippen molar-refractivity contribution in [3.8, 4) is 11.5 Å². The van der Waals surface area contributed by atoms with Crippen LogP contribution in [0.2, 0.25) is 0 Å². The molecule has 0 heterocycles. The van der Waals surface area contributed by atoms with Gasteiger partial charge in [0.1, 0.15) is 10.6 Å². The maximum absolute atomic E-state index is 12.5. The molecule has 12 nitrogen and oxygen atoms in total. The second kappa shape index (κ2) is 9.74. The summed E-state index contributed by atoms with van der Waals surface area (Å²) in [6.45, 7) is 0. The Morgan fingerprint density at radius 3 is 2.30 bits per heavy atom. The van der Waals surface area contributed by atoms with Gasteiger partial charge in [0.05, 0.1) is 29.2 Å². The number of ether oxygens (including phenoxy) is 1. The van der Waals surface area contributed by atoms with Gasteiger partial charge in [0, 0.05) is 6.07 Å². The Balaban J connectivity index is 1.84. The molecule has 0 amide bonds. The van der Waals surface area contributed by atoms with E-state index >= 15 is 0 Å². The number of non-ortho nitro benzene ring substituents is 1. The van der Waals surface area contributed by atoms with Crippen LogP contribution >= 0.6 is 0 Å². The van der Waals surface area contributed by atoms with E-state index in [-0.39, 0.29) is 22.1 Å². The summed E-state index contributed by atoms with van der Waals surface area (Å²) in [4.78, 5) is 20.5. The Morgan fingerprint density at radius 1 is 0.939 bits per heavy atom. The van der Waals surface area contributed by atoms with Crippen molar-refractivity contribution in [1.82, 2.24) is 0 Å². The zero-order chi connectivity index (χ0) is 24.0. The zero-order valence-electron chi connectivity index (χ0n) is 16.9. The average Bonchev–Trinajstić information content (AvgIpc) is 2.79. The summed E-state index contributed by atoms with van der Waals surface area (Å²) >= 11 is 0. The average molecular weight is 472 g/mol. The summed E-state index contributed by atoms with van der Waals surface area (Å²) in [5.74, 6) is 0.0669. The number of methoxy groups -OCH3 is 1. The van der Waals surface area contributed by atoms with E-state index in [2.05, 4.69) is 10.5 Å². The van der Waals surface area contributed by atoms with E-state index in [1.54, 1.807) is 24.3 Å². The first kappa shape index (κ1) is 23.1. The summed E-state index contributed by atoms with van der Waals surface area (Å²) in [6.07, 6.45) is 1.26. The zero-order valence-corrected chi connectivity index (χ0v) is 17.8. The Labute approximate surface area is 187 Å². The first-order valence-corrected chi connectivity index (χ1v) is 10.5. The maximum Gasteiger partial charge on any atom is 0.339 e. The van der Waals surface area contributed by atoms with Crippen LogP contribution in [0.25, 0.3) is 0 Å². The van der Waals surface area contributed by atoms with Crippen LogP contribution in [-0.2, 0) is 10.1 Å². The number of hydrogen-bond acceptors (Lipinski definition) is 10. The Morgan fingerprint density at radius 2 is 1.67 bits per heavy atom. The molecule has 3 rings (SSSR count). The van der Waals surface area contributed by atoms with Crippen LogP contribution in [-0.4, -0.2) is 31.6 Å². The van der Waals surface area contributed by atoms with Gasteiger partial charge in [-0.25, -0.2) is 0 Å². The topological polar surface area (TPSA) is 163 Å². The molecule has 13 heteroatoms. The summed E-state index contributed by atoms with van der Waals surface area (Å²) in [7, 11) is -2.77. The van der Waals surface area contributed by atoms with E-state index in [1.165, 1.54) is 37.6 Å². The van der Waals surface area contributed by atoms with Crippen molar-refractivity contribution in [1.29, 1.82) is 0 Å². The smallest absolute Gasteiger partial charge is 0.339 e. The monoisotopic (exact) mass is 472 g/mol. The molecule has 0 atom stereocenters. The van der Waals surface area contributed by atoms with Gasteiger partial charge in [-0.05, 0) is 42.0 Å². The number of hydrazone groups is 1. The number of nitro benzene ring substituents is 2. The minimum atomic E-state index is -4.12. The second-order valence-electron chi connectivity index (χ2n) is 6.35. The van der Waals surface area contributed by atoms with Crippen LogP contribution in [0.4, 0.5) is 17.1 Å². The van der Waals surface area contributed by atoms with E-state index in [0.29, 0.717) is 5.56 Å². The summed E-state index contributed by atoms with van der Waals surface area (Å²) < 4.78 is 35.4. The van der Waals surface area contributed by atoms with Crippen LogP contribution in [0.3, 0.4) is 0 Å². The van der Waals surface area contributed by atoms with Crippen LogP contribution < -0.4 is 14.3 Å². The van der Waals surface area contributed by atoms with Crippen LogP contribution in [0.15, 0.2) is 76.7 Å². The van der Waals surface area contributed by atoms with Crippen molar-refractivity contribution in [3.63, 3.8) is 0 Å². The van der Waals surface area contributed by atoms with Crippen molar-refractivity contribution in [3.05, 3.63) is 92.5 Å². The lowest BCUT2D eigenvalue weighted by Crippen LogP contribution is -2.10. The summed E-state index contributed by atoms with van der Waals surface area (Å²) in [5, 5.41) is 25.9. The number of rotatable bonds is 9. The number of nitrogens with zero attached hydrogens (tertiary/aromatic N) is 3. The highest BCUT2D eigenvalue weighted by Crippen LogP contribution is 2.31. The van der Waals surface area contributed by atoms with Gasteiger partial charge in [0.2, 0.25) is 0 Å². The fraction of sp³-hybridized carbons (Fsp3) is 0.0500. The van der Waals surface area contributed by atoms with Gasteiger partial charge in [-0.2, -0.15) is 13.5 Å². The number of benzene rings is 3. The van der Waals surface area contributed by atoms with Crippen LogP contribution in [0.5, 0.6) is 11.5 Å². The third-order valence-electron chi connectivity index (χ3n) is 4.21. The quantitative estimate of drug-likeness (QED) is 0.211. The maximum atomic E-state index is 12.5. The highest BCUT2D eigenvalue weighted by molar-refractivity contribution is 7.87. The molecule has 0 saturated carbocycles. The van der Waals surface area contributed by atoms with Gasteiger partial charge in [-0.15, -0.1) is 0 Å². The Kier molecular flexibility index (Phi) is 6.83. The molecule has 0 spiro atoms. The molecule has 0 aliphatic rings. The lowest BCUT2D eigenvalue weighted by Gasteiger charge is -2.11. The minimum Gasteiger partial charge on any atom is -0.493 e. The number of nitro groups is 2. The minimum absolute atomic E-state index is 0.0433. The molecule has 3 aromatic rings. The Bertz CT molecular complexity index is 1330. The SMILES string of the molecule is COc1ccc(/C=N\Nc2ccc([N+](=O)[O-])cc2[N+](=O)[O-])cc1OS(=O)(=O)c1ccccc1. The molecule has 0 aromatic heterocycles. The van der Waals surface area contributed by atoms with E-state index in [4.69, 9.17) is 8.92 Å².